The number of amides is 1. The van der Waals surface area contributed by atoms with Crippen LogP contribution < -0.4 is 5.32 Å². The van der Waals surface area contributed by atoms with Crippen molar-refractivity contribution in [2.45, 2.75) is 44.8 Å². The lowest BCUT2D eigenvalue weighted by atomic mass is 10.0. The molecule has 3 rings (SSSR count). The summed E-state index contributed by atoms with van der Waals surface area (Å²) in [5.41, 5.74) is 4.32. The van der Waals surface area contributed by atoms with Crippen molar-refractivity contribution in [2.75, 3.05) is 5.75 Å². The largest absolute Gasteiger partial charge is 0.349 e. The van der Waals surface area contributed by atoms with Gasteiger partial charge in [0.25, 0.3) is 0 Å². The van der Waals surface area contributed by atoms with Crippen LogP contribution in [0.1, 0.15) is 42.5 Å². The third-order valence-electron chi connectivity index (χ3n) is 4.47. The van der Waals surface area contributed by atoms with Crippen LogP contribution in [0.3, 0.4) is 0 Å². The van der Waals surface area contributed by atoms with Gasteiger partial charge in [0.05, 0.1) is 17.5 Å². The highest BCUT2D eigenvalue weighted by Gasteiger charge is 2.16. The fourth-order valence-electron chi connectivity index (χ4n) is 3.13. The van der Waals surface area contributed by atoms with Crippen molar-refractivity contribution in [3.05, 3.63) is 65.2 Å². The number of tetrazole rings is 1. The van der Waals surface area contributed by atoms with Gasteiger partial charge >= 0.3 is 0 Å². The molecule has 0 fully saturated rings. The number of hydrogen-bond donors (Lipinski definition) is 1. The summed E-state index contributed by atoms with van der Waals surface area (Å²) in [5, 5.41) is 15.7. The minimum Gasteiger partial charge on any atom is -0.349 e. The van der Waals surface area contributed by atoms with Gasteiger partial charge in [-0.25, -0.2) is 0 Å². The summed E-state index contributed by atoms with van der Waals surface area (Å²) in [6.45, 7) is 6.20. The number of aryl methyl sites for hydroxylation is 2. The average molecular weight is 396 g/mol. The normalized spacial score (nSPS) is 12.0. The fraction of sp³-hybridized carbons (Fsp3) is 0.333. The van der Waals surface area contributed by atoms with Crippen molar-refractivity contribution in [3.8, 4) is 5.69 Å². The van der Waals surface area contributed by atoms with Crippen molar-refractivity contribution in [1.29, 1.82) is 0 Å². The van der Waals surface area contributed by atoms with E-state index in [1.165, 1.54) is 17.3 Å². The molecule has 0 unspecified atom stereocenters. The van der Waals surface area contributed by atoms with Gasteiger partial charge in [-0.15, -0.1) is 5.10 Å². The molecule has 0 saturated carbocycles. The molecule has 7 heteroatoms. The molecule has 146 valence electrons. The molecule has 0 radical (unpaired) electrons. The average Bonchev–Trinajstić information content (AvgIpc) is 3.15. The van der Waals surface area contributed by atoms with Gasteiger partial charge in [-0.1, -0.05) is 73.1 Å². The van der Waals surface area contributed by atoms with Crippen molar-refractivity contribution >= 4 is 17.7 Å². The summed E-state index contributed by atoms with van der Waals surface area (Å²) in [4.78, 5) is 12.5. The number of hydrogen-bond acceptors (Lipinski definition) is 5. The van der Waals surface area contributed by atoms with Gasteiger partial charge in [-0.3, -0.25) is 4.79 Å². The lowest BCUT2D eigenvalue weighted by molar-refractivity contribution is -0.119. The number of aromatic nitrogens is 4. The Kier molecular flexibility index (Phi) is 6.81. The predicted octanol–water partition coefficient (Wildman–Crippen LogP) is 4.03. The van der Waals surface area contributed by atoms with Gasteiger partial charge < -0.3 is 5.32 Å². The maximum atomic E-state index is 12.5. The van der Waals surface area contributed by atoms with Crippen molar-refractivity contribution in [1.82, 2.24) is 25.5 Å². The minimum atomic E-state index is -0.0255. The second-order valence-corrected chi connectivity index (χ2v) is 7.71. The van der Waals surface area contributed by atoms with Gasteiger partial charge in [-0.2, -0.15) is 4.68 Å². The second-order valence-electron chi connectivity index (χ2n) is 6.77. The van der Waals surface area contributed by atoms with E-state index >= 15 is 0 Å². The summed E-state index contributed by atoms with van der Waals surface area (Å²) in [6, 6.07) is 16.2. The van der Waals surface area contributed by atoms with Crippen LogP contribution in [-0.2, 0) is 4.79 Å². The zero-order valence-electron chi connectivity index (χ0n) is 16.4. The molecule has 6 nitrogen and oxygen atoms in total. The maximum Gasteiger partial charge on any atom is 0.230 e. The Morgan fingerprint density at radius 3 is 2.68 bits per heavy atom. The number of benzene rings is 2. The molecular weight excluding hydrogens is 370 g/mol. The van der Waals surface area contributed by atoms with Crippen LogP contribution in [0.5, 0.6) is 0 Å². The number of thioether (sulfide) groups is 1. The van der Waals surface area contributed by atoms with Crippen LogP contribution in [0.2, 0.25) is 0 Å². The molecule has 3 aromatic rings. The molecule has 0 bridgehead atoms. The fourth-order valence-corrected chi connectivity index (χ4v) is 3.82. The number of rotatable bonds is 8. The number of nitrogens with one attached hydrogen (secondary N) is 1. The van der Waals surface area contributed by atoms with E-state index in [0.717, 1.165) is 29.7 Å². The molecule has 0 saturated heterocycles. The SMILES string of the molecule is CCC[C@@H](NC(=O)CSc1nnnn1-c1ccc(C)cc1C)c1ccccc1. The first-order valence-corrected chi connectivity index (χ1v) is 10.4. The Morgan fingerprint density at radius 1 is 1.18 bits per heavy atom. The van der Waals surface area contributed by atoms with Crippen molar-refractivity contribution in [3.63, 3.8) is 0 Å². The van der Waals surface area contributed by atoms with E-state index in [9.17, 15) is 4.79 Å². The smallest absolute Gasteiger partial charge is 0.230 e. The number of carbonyl (C=O) groups is 1. The quantitative estimate of drug-likeness (QED) is 0.583. The van der Waals surface area contributed by atoms with Gasteiger partial charge in [-0.05, 0) is 47.9 Å². The highest BCUT2D eigenvalue weighted by Crippen LogP contribution is 2.22. The van der Waals surface area contributed by atoms with E-state index < -0.39 is 0 Å². The molecule has 1 atom stereocenters. The standard InChI is InChI=1S/C21H25N5OS/c1-4-8-18(17-9-6-5-7-10-17)22-20(27)14-28-21-23-24-25-26(21)19-12-11-15(2)13-16(19)3/h5-7,9-13,18H,4,8,14H2,1-3H3,(H,22,27)/t18-/m1/s1. The first-order chi connectivity index (χ1) is 13.6. The summed E-state index contributed by atoms with van der Waals surface area (Å²) in [6.07, 6.45) is 1.90. The summed E-state index contributed by atoms with van der Waals surface area (Å²) < 4.78 is 1.69. The van der Waals surface area contributed by atoms with Gasteiger partial charge in [0.1, 0.15) is 0 Å². The van der Waals surface area contributed by atoms with Crippen LogP contribution in [0.25, 0.3) is 5.69 Å². The molecular formula is C21H25N5OS. The Bertz CT molecular complexity index is 926. The molecule has 2 aromatic carbocycles. The van der Waals surface area contributed by atoms with E-state index in [2.05, 4.69) is 52.9 Å². The van der Waals surface area contributed by atoms with E-state index in [0.29, 0.717) is 5.16 Å². The van der Waals surface area contributed by atoms with E-state index in [1.807, 2.05) is 37.3 Å². The summed E-state index contributed by atoms with van der Waals surface area (Å²) in [5.74, 6) is 0.237. The third-order valence-corrected chi connectivity index (χ3v) is 5.39. The van der Waals surface area contributed by atoms with Crippen LogP contribution in [0, 0.1) is 13.8 Å². The number of carbonyl (C=O) groups excluding carboxylic acids is 1. The Labute approximate surface area is 169 Å². The summed E-state index contributed by atoms with van der Waals surface area (Å²) >= 11 is 1.34. The molecule has 0 aliphatic heterocycles. The first kappa shape index (κ1) is 20.1. The zero-order chi connectivity index (χ0) is 19.9. The Hall–Kier alpha value is -2.67. The molecule has 1 heterocycles. The zero-order valence-corrected chi connectivity index (χ0v) is 17.2. The molecule has 0 aliphatic rings. The monoisotopic (exact) mass is 395 g/mol. The van der Waals surface area contributed by atoms with Crippen LogP contribution in [-0.4, -0.2) is 31.9 Å². The van der Waals surface area contributed by atoms with Crippen LogP contribution in [0.4, 0.5) is 0 Å². The lowest BCUT2D eigenvalue weighted by Crippen LogP contribution is -2.30. The van der Waals surface area contributed by atoms with Crippen molar-refractivity contribution in [2.24, 2.45) is 0 Å². The van der Waals surface area contributed by atoms with Gasteiger partial charge in [0, 0.05) is 0 Å². The Balaban J connectivity index is 1.66. The van der Waals surface area contributed by atoms with Crippen LogP contribution >= 0.6 is 11.8 Å². The second kappa shape index (κ2) is 9.50. The topological polar surface area (TPSA) is 72.7 Å². The molecule has 1 N–H and O–H groups in total. The van der Waals surface area contributed by atoms with Crippen LogP contribution in [0.15, 0.2) is 53.7 Å². The number of nitrogens with zero attached hydrogens (tertiary/aromatic N) is 4. The Morgan fingerprint density at radius 2 is 1.96 bits per heavy atom. The molecule has 0 spiro atoms. The van der Waals surface area contributed by atoms with E-state index in [1.54, 1.807) is 4.68 Å². The maximum absolute atomic E-state index is 12.5. The summed E-state index contributed by atoms with van der Waals surface area (Å²) in [7, 11) is 0. The van der Waals surface area contributed by atoms with Gasteiger partial charge in [0.15, 0.2) is 0 Å². The third kappa shape index (κ3) is 4.98. The minimum absolute atomic E-state index is 0.0228. The van der Waals surface area contributed by atoms with Gasteiger partial charge in [0.2, 0.25) is 11.1 Å². The lowest BCUT2D eigenvalue weighted by Gasteiger charge is -2.18. The molecule has 1 aromatic heterocycles. The molecule has 28 heavy (non-hydrogen) atoms. The predicted molar refractivity (Wildman–Crippen MR) is 112 cm³/mol. The molecule has 1 amide bonds. The highest BCUT2D eigenvalue weighted by molar-refractivity contribution is 7.99. The molecule has 0 aliphatic carbocycles. The first-order valence-electron chi connectivity index (χ1n) is 9.41. The van der Waals surface area contributed by atoms with Crippen molar-refractivity contribution < 1.29 is 4.79 Å². The van der Waals surface area contributed by atoms with E-state index in [4.69, 9.17) is 0 Å². The van der Waals surface area contributed by atoms with E-state index in [-0.39, 0.29) is 17.7 Å². The highest BCUT2D eigenvalue weighted by atomic mass is 32.2.